The third kappa shape index (κ3) is 16.1. The summed E-state index contributed by atoms with van der Waals surface area (Å²) in [6.45, 7) is 15.0. The highest BCUT2D eigenvalue weighted by atomic mass is 35.5. The molecule has 25 heavy (non-hydrogen) atoms. The number of halogens is 1. The minimum absolute atomic E-state index is 0.0357. The maximum absolute atomic E-state index is 5.94. The van der Waals surface area contributed by atoms with Crippen molar-refractivity contribution < 1.29 is 0 Å². The Hall–Kier alpha value is 1.37. The van der Waals surface area contributed by atoms with E-state index < -0.39 is 8.07 Å². The number of alkyl halides is 1. The van der Waals surface area contributed by atoms with Gasteiger partial charge in [-0.2, -0.15) is 0 Å². The first kappa shape index (κ1) is 26.4. The predicted molar refractivity (Wildman–Crippen MR) is 132 cm³/mol. The van der Waals surface area contributed by atoms with Crippen LogP contribution < -0.4 is 0 Å². The molecule has 0 aliphatic rings. The molecule has 6 heteroatoms. The zero-order chi connectivity index (χ0) is 19.1. The lowest BCUT2D eigenvalue weighted by Crippen LogP contribution is -2.34. The highest BCUT2D eigenvalue weighted by Gasteiger charge is 2.31. The topological polar surface area (TPSA) is 0 Å². The summed E-state index contributed by atoms with van der Waals surface area (Å²) in [7, 11) is -0.144. The average molecular weight is 448 g/mol. The molecule has 0 rings (SSSR count). The van der Waals surface area contributed by atoms with E-state index in [1.165, 1.54) is 12.5 Å². The SMILES string of the molecule is C[Si](C)CCC[Si](CCC[Si]CCl)(CCC[Si](C)C)CCC[Si](C)C. The molecule has 0 aromatic carbocycles. The van der Waals surface area contributed by atoms with Gasteiger partial charge in [-0.25, -0.2) is 0 Å². The summed E-state index contributed by atoms with van der Waals surface area (Å²) >= 11 is 5.94. The van der Waals surface area contributed by atoms with Crippen LogP contribution >= 0.6 is 11.6 Å². The van der Waals surface area contributed by atoms with Gasteiger partial charge in [-0.15, -0.1) is 11.6 Å². The molecule has 0 atom stereocenters. The molecule has 0 aromatic rings. The standard InChI is InChI=1S/C19H44ClSi5/c1-22(2)12-8-16-25(15-7-11-21-19-20,17-9-13-23(3)4)18-10-14-24(5)6/h7-19H2,1-6H3. The fraction of sp³-hybridized carbons (Fsp3) is 1.00. The van der Waals surface area contributed by atoms with E-state index in [1.807, 2.05) is 0 Å². The molecule has 0 amide bonds. The summed E-state index contributed by atoms with van der Waals surface area (Å²) in [4.78, 5) is 0. The van der Waals surface area contributed by atoms with Crippen LogP contribution in [-0.2, 0) is 0 Å². The van der Waals surface area contributed by atoms with Crippen molar-refractivity contribution in [2.75, 3.05) is 5.50 Å². The molecule has 0 spiro atoms. The molecule has 5 radical (unpaired) electrons. The normalized spacial score (nSPS) is 12.7. The van der Waals surface area contributed by atoms with Crippen LogP contribution in [-0.4, -0.2) is 49.5 Å². The Balaban J connectivity index is 4.79. The van der Waals surface area contributed by atoms with Crippen molar-refractivity contribution in [3.8, 4) is 0 Å². The monoisotopic (exact) mass is 447 g/mol. The summed E-state index contributed by atoms with van der Waals surface area (Å²) in [5, 5.41) is 0. The molecule has 0 bridgehead atoms. The Kier molecular flexibility index (Phi) is 17.2. The first-order valence-electron chi connectivity index (χ1n) is 10.4. The van der Waals surface area contributed by atoms with Gasteiger partial charge >= 0.3 is 0 Å². The van der Waals surface area contributed by atoms with Crippen molar-refractivity contribution in [2.45, 2.75) is 113 Å². The Morgan fingerprint density at radius 3 is 1.32 bits per heavy atom. The third-order valence-corrected chi connectivity index (χ3v) is 16.5. The van der Waals surface area contributed by atoms with E-state index in [0.29, 0.717) is 0 Å². The van der Waals surface area contributed by atoms with Crippen LogP contribution in [0.4, 0.5) is 0 Å². The van der Waals surface area contributed by atoms with Crippen molar-refractivity contribution in [3.05, 3.63) is 0 Å². The van der Waals surface area contributed by atoms with Gasteiger partial charge in [-0.1, -0.05) is 113 Å². The van der Waals surface area contributed by atoms with Crippen molar-refractivity contribution >= 4 is 55.6 Å². The van der Waals surface area contributed by atoms with Crippen molar-refractivity contribution in [3.63, 3.8) is 0 Å². The molecule has 0 aliphatic heterocycles. The van der Waals surface area contributed by atoms with Crippen molar-refractivity contribution in [2.24, 2.45) is 0 Å². The summed E-state index contributed by atoms with van der Waals surface area (Å²) in [5.74, 6) is 0. The highest BCUT2D eigenvalue weighted by molar-refractivity contribution is 6.80. The fourth-order valence-electron chi connectivity index (χ4n) is 3.86. The van der Waals surface area contributed by atoms with Gasteiger partial charge in [0.25, 0.3) is 0 Å². The summed E-state index contributed by atoms with van der Waals surface area (Å²) in [6, 6.07) is 12.6. The highest BCUT2D eigenvalue weighted by Crippen LogP contribution is 2.34. The number of rotatable bonds is 17. The van der Waals surface area contributed by atoms with Crippen LogP contribution in [0.25, 0.3) is 0 Å². The minimum Gasteiger partial charge on any atom is -0.131 e. The molecule has 0 saturated heterocycles. The van der Waals surface area contributed by atoms with Gasteiger partial charge in [0, 0.05) is 31.9 Å². The molecule has 0 saturated carbocycles. The summed E-state index contributed by atoms with van der Waals surface area (Å²) < 4.78 is 0. The lowest BCUT2D eigenvalue weighted by molar-refractivity contribution is 0.871. The largest absolute Gasteiger partial charge is 0.131 e. The van der Waals surface area contributed by atoms with Gasteiger partial charge < -0.3 is 0 Å². The first-order valence-corrected chi connectivity index (χ1v) is 23.3. The Morgan fingerprint density at radius 2 is 1.00 bits per heavy atom. The van der Waals surface area contributed by atoms with E-state index >= 15 is 0 Å². The predicted octanol–water partition coefficient (Wildman–Crippen LogP) is 7.58. The Morgan fingerprint density at radius 1 is 0.640 bits per heavy atom. The smallest absolute Gasteiger partial charge is 0.0575 e. The van der Waals surface area contributed by atoms with E-state index in [2.05, 4.69) is 39.3 Å². The third-order valence-electron chi connectivity index (χ3n) is 5.31. The van der Waals surface area contributed by atoms with Gasteiger partial charge in [0.2, 0.25) is 0 Å². The lowest BCUT2D eigenvalue weighted by Gasteiger charge is -2.33. The quantitative estimate of drug-likeness (QED) is 0.122. The van der Waals surface area contributed by atoms with Crippen LogP contribution in [0.1, 0.15) is 25.7 Å². The van der Waals surface area contributed by atoms with Gasteiger partial charge in [0.15, 0.2) is 0 Å². The molecule has 0 heterocycles. The average Bonchev–Trinajstić information content (AvgIpc) is 2.50. The first-order chi connectivity index (χ1) is 11.8. The van der Waals surface area contributed by atoms with Gasteiger partial charge in [0.05, 0.1) is 17.6 Å². The van der Waals surface area contributed by atoms with Crippen LogP contribution in [0.2, 0.25) is 87.6 Å². The van der Waals surface area contributed by atoms with E-state index in [1.54, 1.807) is 61.6 Å². The maximum Gasteiger partial charge on any atom is 0.0575 e. The van der Waals surface area contributed by atoms with Gasteiger partial charge in [0.1, 0.15) is 0 Å². The zero-order valence-corrected chi connectivity index (χ0v) is 23.8. The number of hydrogen-bond acceptors (Lipinski definition) is 0. The van der Waals surface area contributed by atoms with Crippen molar-refractivity contribution in [1.82, 2.24) is 0 Å². The molecule has 147 valence electrons. The number of hydrogen-bond donors (Lipinski definition) is 0. The molecular formula is C19H44ClSi5. The molecule has 0 N–H and O–H groups in total. The maximum atomic E-state index is 5.94. The lowest BCUT2D eigenvalue weighted by atomic mass is 10.5. The molecular weight excluding hydrogens is 404 g/mol. The van der Waals surface area contributed by atoms with E-state index in [0.717, 1.165) is 15.0 Å². The van der Waals surface area contributed by atoms with Gasteiger partial charge in [-0.05, 0) is 0 Å². The molecule has 0 nitrogen and oxygen atoms in total. The van der Waals surface area contributed by atoms with Crippen LogP contribution in [0, 0.1) is 0 Å². The second-order valence-corrected chi connectivity index (χ2v) is 24.7. The molecule has 0 aromatic heterocycles. The van der Waals surface area contributed by atoms with Crippen LogP contribution in [0.15, 0.2) is 0 Å². The van der Waals surface area contributed by atoms with E-state index in [-0.39, 0.29) is 26.4 Å². The van der Waals surface area contributed by atoms with Gasteiger partial charge in [-0.3, -0.25) is 0 Å². The zero-order valence-electron chi connectivity index (χ0n) is 18.1. The molecule has 0 fully saturated rings. The fourth-order valence-corrected chi connectivity index (χ4v) is 14.1. The van der Waals surface area contributed by atoms with Crippen LogP contribution in [0.5, 0.6) is 0 Å². The summed E-state index contributed by atoms with van der Waals surface area (Å²) in [5.41, 5.74) is 0.890. The van der Waals surface area contributed by atoms with E-state index in [9.17, 15) is 0 Å². The van der Waals surface area contributed by atoms with Crippen LogP contribution in [0.3, 0.4) is 0 Å². The molecule has 0 unspecified atom stereocenters. The Bertz CT molecular complexity index is 261. The van der Waals surface area contributed by atoms with E-state index in [4.69, 9.17) is 11.6 Å². The second-order valence-electron chi connectivity index (χ2n) is 8.92. The molecule has 0 aliphatic carbocycles. The minimum atomic E-state index is -1.04. The second kappa shape index (κ2) is 16.3. The van der Waals surface area contributed by atoms with Crippen molar-refractivity contribution in [1.29, 1.82) is 0 Å². The Labute approximate surface area is 173 Å². The summed E-state index contributed by atoms with van der Waals surface area (Å²) in [6.07, 6.45) is 6.14.